The predicted molar refractivity (Wildman–Crippen MR) is 91.0 cm³/mol. The molecular formula is C16H29N3O2S. The number of nitrogens with zero attached hydrogens (tertiary/aromatic N) is 3. The Kier molecular flexibility index (Phi) is 6.97. The molecule has 0 aromatic carbocycles. The molecule has 2 rings (SSSR count). The van der Waals surface area contributed by atoms with E-state index in [2.05, 4.69) is 44.5 Å². The van der Waals surface area contributed by atoms with Gasteiger partial charge in [-0.3, -0.25) is 9.88 Å². The van der Waals surface area contributed by atoms with Gasteiger partial charge in [0.15, 0.2) is 0 Å². The van der Waals surface area contributed by atoms with E-state index in [9.17, 15) is 8.42 Å². The van der Waals surface area contributed by atoms with Crippen LogP contribution in [0.2, 0.25) is 0 Å². The van der Waals surface area contributed by atoms with E-state index < -0.39 is 10.0 Å². The molecule has 2 heterocycles. The Labute approximate surface area is 135 Å². The lowest BCUT2D eigenvalue weighted by Crippen LogP contribution is -2.36. The molecule has 0 saturated carbocycles. The zero-order valence-electron chi connectivity index (χ0n) is 14.6. The molecule has 0 atom stereocenters. The van der Waals surface area contributed by atoms with Crippen LogP contribution in [-0.4, -0.2) is 47.5 Å². The first-order chi connectivity index (χ1) is 10.2. The molecule has 5 nitrogen and oxygen atoms in total. The van der Waals surface area contributed by atoms with Crippen molar-refractivity contribution in [2.75, 3.05) is 12.8 Å². The summed E-state index contributed by atoms with van der Waals surface area (Å²) >= 11 is 0. The van der Waals surface area contributed by atoms with Gasteiger partial charge in [0.05, 0.1) is 18.5 Å². The molecule has 0 spiro atoms. The summed E-state index contributed by atoms with van der Waals surface area (Å²) in [6.45, 7) is 13.2. The van der Waals surface area contributed by atoms with Gasteiger partial charge in [-0.15, -0.1) is 0 Å². The Morgan fingerprint density at radius 3 is 2.18 bits per heavy atom. The van der Waals surface area contributed by atoms with Crippen LogP contribution in [0.3, 0.4) is 0 Å². The van der Waals surface area contributed by atoms with Crippen LogP contribution in [-0.2, 0) is 23.1 Å². The first kappa shape index (κ1) is 19.1. The fourth-order valence-corrected chi connectivity index (χ4v) is 3.46. The topological polar surface area (TPSA) is 53.5 Å². The molecule has 1 aliphatic heterocycles. The van der Waals surface area contributed by atoms with E-state index in [0.717, 1.165) is 17.8 Å². The van der Waals surface area contributed by atoms with Crippen LogP contribution in [0.1, 0.15) is 45.9 Å². The normalized spacial score (nSPS) is 15.1. The van der Waals surface area contributed by atoms with Crippen molar-refractivity contribution in [3.05, 3.63) is 29.6 Å². The maximum atomic E-state index is 11.2. The van der Waals surface area contributed by atoms with Crippen LogP contribution >= 0.6 is 0 Å². The van der Waals surface area contributed by atoms with Crippen LogP contribution in [0.5, 0.6) is 0 Å². The fourth-order valence-electron chi connectivity index (χ4n) is 2.73. The third-order valence-electron chi connectivity index (χ3n) is 3.82. The molecule has 0 fully saturated rings. The zero-order valence-corrected chi connectivity index (χ0v) is 15.4. The van der Waals surface area contributed by atoms with E-state index >= 15 is 0 Å². The summed E-state index contributed by atoms with van der Waals surface area (Å²) in [7, 11) is -3.08. The lowest BCUT2D eigenvalue weighted by atomic mass is 10.2. The standard InChI is InChI=1S/C8H10N2O2S.C8H19N/c1-13(11,12)10-5-7-3-2-4-9-8(7)6-10;1-6-9(7(2)3)8(4)5/h2-4H,5-6H2,1H3;7-8H,6H2,1-5H3. The van der Waals surface area contributed by atoms with Crippen molar-refractivity contribution in [3.8, 4) is 0 Å². The van der Waals surface area contributed by atoms with Gasteiger partial charge in [0.2, 0.25) is 10.0 Å². The Hall–Kier alpha value is -0.980. The molecule has 0 unspecified atom stereocenters. The van der Waals surface area contributed by atoms with Crippen LogP contribution < -0.4 is 0 Å². The highest BCUT2D eigenvalue weighted by Crippen LogP contribution is 2.21. The number of hydrogen-bond acceptors (Lipinski definition) is 4. The second-order valence-corrected chi connectivity index (χ2v) is 8.14. The van der Waals surface area contributed by atoms with Crippen LogP contribution in [0.25, 0.3) is 0 Å². The second-order valence-electron chi connectivity index (χ2n) is 6.16. The molecule has 0 amide bonds. The number of pyridine rings is 1. The first-order valence-corrected chi connectivity index (χ1v) is 9.65. The van der Waals surface area contributed by atoms with Gasteiger partial charge in [-0.05, 0) is 45.9 Å². The number of rotatable bonds is 4. The van der Waals surface area contributed by atoms with Crippen LogP contribution in [0.15, 0.2) is 18.3 Å². The third kappa shape index (κ3) is 5.34. The summed E-state index contributed by atoms with van der Waals surface area (Å²) in [5.41, 5.74) is 1.88. The van der Waals surface area contributed by atoms with E-state index in [0.29, 0.717) is 25.2 Å². The quantitative estimate of drug-likeness (QED) is 0.852. The minimum Gasteiger partial charge on any atom is -0.299 e. The van der Waals surface area contributed by atoms with Gasteiger partial charge < -0.3 is 0 Å². The van der Waals surface area contributed by atoms with E-state index in [1.54, 1.807) is 6.20 Å². The molecule has 0 saturated heterocycles. The van der Waals surface area contributed by atoms with Crippen LogP contribution in [0, 0.1) is 0 Å². The fraction of sp³-hybridized carbons (Fsp3) is 0.688. The Morgan fingerprint density at radius 1 is 1.23 bits per heavy atom. The van der Waals surface area contributed by atoms with Gasteiger partial charge in [0.1, 0.15) is 0 Å². The van der Waals surface area contributed by atoms with E-state index in [-0.39, 0.29) is 0 Å². The van der Waals surface area contributed by atoms with E-state index in [1.807, 2.05) is 12.1 Å². The lowest BCUT2D eigenvalue weighted by molar-refractivity contribution is 0.185. The molecule has 0 radical (unpaired) electrons. The minimum atomic E-state index is -3.08. The predicted octanol–water partition coefficient (Wildman–Crippen LogP) is 2.48. The van der Waals surface area contributed by atoms with Crippen molar-refractivity contribution >= 4 is 10.0 Å². The Bertz CT molecular complexity index is 538. The van der Waals surface area contributed by atoms with Crippen LogP contribution in [0.4, 0.5) is 0 Å². The van der Waals surface area contributed by atoms with Crippen molar-refractivity contribution < 1.29 is 8.42 Å². The Morgan fingerprint density at radius 2 is 1.82 bits per heavy atom. The second kappa shape index (κ2) is 8.04. The molecule has 1 aromatic rings. The maximum Gasteiger partial charge on any atom is 0.211 e. The number of sulfonamides is 1. The SMILES string of the molecule is CCN(C(C)C)C(C)C.CS(=O)(=O)N1Cc2cccnc2C1. The molecule has 0 bridgehead atoms. The first-order valence-electron chi connectivity index (χ1n) is 7.80. The largest absolute Gasteiger partial charge is 0.299 e. The summed E-state index contributed by atoms with van der Waals surface area (Å²) in [6, 6.07) is 5.11. The highest BCUT2D eigenvalue weighted by molar-refractivity contribution is 7.88. The van der Waals surface area contributed by atoms with Gasteiger partial charge in [0, 0.05) is 24.8 Å². The van der Waals surface area contributed by atoms with Crippen molar-refractivity contribution in [2.45, 2.75) is 59.8 Å². The Balaban J connectivity index is 0.000000239. The van der Waals surface area contributed by atoms with Crippen molar-refractivity contribution in [1.82, 2.24) is 14.2 Å². The number of fused-ring (bicyclic) bond motifs is 1. The van der Waals surface area contributed by atoms with Crippen molar-refractivity contribution in [1.29, 1.82) is 0 Å². The van der Waals surface area contributed by atoms with E-state index in [1.165, 1.54) is 10.6 Å². The average molecular weight is 327 g/mol. The smallest absolute Gasteiger partial charge is 0.211 e. The summed E-state index contributed by atoms with van der Waals surface area (Å²) in [5, 5.41) is 0. The van der Waals surface area contributed by atoms with Gasteiger partial charge in [-0.25, -0.2) is 8.42 Å². The summed E-state index contributed by atoms with van der Waals surface area (Å²) in [6.07, 6.45) is 2.91. The van der Waals surface area contributed by atoms with Gasteiger partial charge >= 0.3 is 0 Å². The summed E-state index contributed by atoms with van der Waals surface area (Å²) < 4.78 is 23.8. The third-order valence-corrected chi connectivity index (χ3v) is 5.01. The summed E-state index contributed by atoms with van der Waals surface area (Å²) in [4.78, 5) is 6.58. The molecule has 1 aromatic heterocycles. The maximum absolute atomic E-state index is 11.2. The van der Waals surface area contributed by atoms with Gasteiger partial charge in [-0.2, -0.15) is 4.31 Å². The number of hydrogen-bond donors (Lipinski definition) is 0. The van der Waals surface area contributed by atoms with Crippen molar-refractivity contribution in [2.24, 2.45) is 0 Å². The molecular weight excluding hydrogens is 298 g/mol. The highest BCUT2D eigenvalue weighted by Gasteiger charge is 2.26. The lowest BCUT2D eigenvalue weighted by Gasteiger charge is -2.28. The average Bonchev–Trinajstić information content (AvgIpc) is 2.83. The molecule has 126 valence electrons. The van der Waals surface area contributed by atoms with Crippen molar-refractivity contribution in [3.63, 3.8) is 0 Å². The molecule has 1 aliphatic rings. The number of aromatic nitrogens is 1. The molecule has 0 aliphatic carbocycles. The molecule has 0 N–H and O–H groups in total. The van der Waals surface area contributed by atoms with E-state index in [4.69, 9.17) is 0 Å². The molecule has 22 heavy (non-hydrogen) atoms. The minimum absolute atomic E-state index is 0.412. The van der Waals surface area contributed by atoms with Gasteiger partial charge in [-0.1, -0.05) is 13.0 Å². The van der Waals surface area contributed by atoms with Gasteiger partial charge in [0.25, 0.3) is 0 Å². The summed E-state index contributed by atoms with van der Waals surface area (Å²) in [5.74, 6) is 0. The molecule has 6 heteroatoms. The monoisotopic (exact) mass is 327 g/mol. The highest BCUT2D eigenvalue weighted by atomic mass is 32.2. The zero-order chi connectivity index (χ0) is 16.9.